The molecular weight excluding hydrogens is 284 g/mol. The van der Waals surface area contributed by atoms with Crippen molar-refractivity contribution in [2.24, 2.45) is 5.34 Å². The van der Waals surface area contributed by atoms with Crippen LogP contribution < -0.4 is 0 Å². The second-order valence-electron chi connectivity index (χ2n) is 5.40. The molecule has 6 nitrogen and oxygen atoms in total. The van der Waals surface area contributed by atoms with Crippen molar-refractivity contribution in [1.82, 2.24) is 4.90 Å². The van der Waals surface area contributed by atoms with E-state index in [2.05, 4.69) is 23.7 Å². The van der Waals surface area contributed by atoms with Gasteiger partial charge >= 0.3 is 5.97 Å². The number of carbonyl (C=O) groups excluding carboxylic acids is 1. The van der Waals surface area contributed by atoms with Crippen LogP contribution in [0, 0.1) is 4.91 Å². The number of ether oxygens (including phenoxy) is 1. The summed E-state index contributed by atoms with van der Waals surface area (Å²) in [6, 6.07) is 0. The van der Waals surface area contributed by atoms with Gasteiger partial charge < -0.3 is 14.5 Å². The predicted molar refractivity (Wildman–Crippen MR) is 89.5 cm³/mol. The average Bonchev–Trinajstić information content (AvgIpc) is 2.46. The quantitative estimate of drug-likeness (QED) is 0.180. The summed E-state index contributed by atoms with van der Waals surface area (Å²) in [4.78, 5) is 26.5. The van der Waals surface area contributed by atoms with Gasteiger partial charge in [-0.2, -0.15) is 0 Å². The van der Waals surface area contributed by atoms with Crippen molar-refractivity contribution in [1.29, 1.82) is 0 Å². The first-order chi connectivity index (χ1) is 10.5. The Bertz CT molecular complexity index is 294. The van der Waals surface area contributed by atoms with E-state index in [0.717, 1.165) is 19.4 Å². The highest BCUT2D eigenvalue weighted by molar-refractivity contribution is 5.86. The molecule has 0 heterocycles. The predicted octanol–water partition coefficient (Wildman–Crippen LogP) is 3.71. The van der Waals surface area contributed by atoms with E-state index in [1.165, 1.54) is 25.7 Å². The van der Waals surface area contributed by atoms with E-state index >= 15 is 0 Å². The number of esters is 1. The molecule has 0 fully saturated rings. The monoisotopic (exact) mass is 316 g/mol. The Labute approximate surface area is 134 Å². The molecule has 0 aliphatic heterocycles. The van der Waals surface area contributed by atoms with Gasteiger partial charge in [0.05, 0.1) is 0 Å². The molecule has 130 valence electrons. The number of unbranched alkanes of at least 4 members (excludes halogenated alkanes) is 5. The van der Waals surface area contributed by atoms with E-state index < -0.39 is 0 Å². The molecule has 0 bridgehead atoms. The van der Waals surface area contributed by atoms with Crippen molar-refractivity contribution >= 4 is 5.97 Å². The summed E-state index contributed by atoms with van der Waals surface area (Å²) in [5.41, 5.74) is 0.448. The zero-order valence-corrected chi connectivity index (χ0v) is 14.6. The van der Waals surface area contributed by atoms with Crippen LogP contribution in [-0.4, -0.2) is 44.7 Å². The molecule has 0 aliphatic rings. The second-order valence-corrected chi connectivity index (χ2v) is 5.40. The summed E-state index contributed by atoms with van der Waals surface area (Å²) in [6.07, 6.45) is 7.23. The first kappa shape index (κ1) is 22.8. The Hall–Kier alpha value is -1.43. The maximum absolute atomic E-state index is 10.8. The molecule has 0 N–H and O–H groups in total. The van der Waals surface area contributed by atoms with Crippen molar-refractivity contribution in [2.75, 3.05) is 33.9 Å². The Morgan fingerprint density at radius 1 is 1.09 bits per heavy atom. The largest absolute Gasteiger partial charge is 0.461 e. The number of likely N-dealkylation sites (N-methyl/N-ethyl adjacent to an activating group) is 1. The molecule has 0 saturated heterocycles. The lowest BCUT2D eigenvalue weighted by Gasteiger charge is -2.09. The lowest BCUT2D eigenvalue weighted by molar-refractivity contribution is -0.139. The van der Waals surface area contributed by atoms with Crippen LogP contribution in [0.3, 0.4) is 0 Å². The molecule has 6 heteroatoms. The Kier molecular flexibility index (Phi) is 18.3. The van der Waals surface area contributed by atoms with Crippen LogP contribution in [0.2, 0.25) is 0 Å². The van der Waals surface area contributed by atoms with E-state index in [-0.39, 0.29) is 5.97 Å². The summed E-state index contributed by atoms with van der Waals surface area (Å²) in [5.74, 6) is -0.313. The normalized spacial score (nSPS) is 9.68. The van der Waals surface area contributed by atoms with Gasteiger partial charge in [-0.15, -0.1) is 4.91 Å². The van der Waals surface area contributed by atoms with Crippen molar-refractivity contribution in [3.63, 3.8) is 0 Å². The van der Waals surface area contributed by atoms with Gasteiger partial charge in [-0.25, -0.2) is 4.79 Å². The molecular formula is C16H32N2O4. The minimum Gasteiger partial charge on any atom is -0.461 e. The molecule has 0 atom stereocenters. The third-order valence-electron chi connectivity index (χ3n) is 2.76. The summed E-state index contributed by atoms with van der Waals surface area (Å²) >= 11 is 0. The smallest absolute Gasteiger partial charge is 0.333 e. The fourth-order valence-electron chi connectivity index (χ4n) is 1.43. The van der Waals surface area contributed by atoms with E-state index in [9.17, 15) is 9.70 Å². The Balaban J connectivity index is 0. The third kappa shape index (κ3) is 20.9. The van der Waals surface area contributed by atoms with Crippen molar-refractivity contribution in [3.05, 3.63) is 17.1 Å². The van der Waals surface area contributed by atoms with Gasteiger partial charge in [-0.1, -0.05) is 39.2 Å². The van der Waals surface area contributed by atoms with E-state index in [1.807, 2.05) is 19.0 Å². The molecule has 0 radical (unpaired) electrons. The van der Waals surface area contributed by atoms with Crippen LogP contribution in [0.4, 0.5) is 0 Å². The highest BCUT2D eigenvalue weighted by atomic mass is 16.7. The number of hydrogen-bond acceptors (Lipinski definition) is 6. The van der Waals surface area contributed by atoms with Crippen LogP contribution in [-0.2, 0) is 14.4 Å². The topological polar surface area (TPSA) is 68.2 Å². The van der Waals surface area contributed by atoms with Crippen molar-refractivity contribution in [3.8, 4) is 0 Å². The molecule has 0 spiro atoms. The van der Waals surface area contributed by atoms with Crippen LogP contribution in [0.25, 0.3) is 0 Å². The second kappa shape index (κ2) is 17.6. The average molecular weight is 316 g/mol. The fourth-order valence-corrected chi connectivity index (χ4v) is 1.43. The van der Waals surface area contributed by atoms with Gasteiger partial charge in [0.2, 0.25) is 0 Å². The first-order valence-corrected chi connectivity index (χ1v) is 7.87. The standard InChI is InChI=1S/C8H15NO2.C8H17NO2/c1-7(2)8(10)11-6-5-9(3)4;1-2-3-4-5-6-7-8-11-9-10/h1,5-6H2,2-4H3;2-8H2,1H3. The first-order valence-electron chi connectivity index (χ1n) is 7.87. The minimum absolute atomic E-state index is 0.313. The van der Waals surface area contributed by atoms with E-state index in [4.69, 9.17) is 4.74 Å². The van der Waals surface area contributed by atoms with E-state index in [0.29, 0.717) is 18.8 Å². The molecule has 0 amide bonds. The molecule has 0 rings (SSSR count). The van der Waals surface area contributed by atoms with Crippen LogP contribution >= 0.6 is 0 Å². The van der Waals surface area contributed by atoms with Gasteiger partial charge in [0.15, 0.2) is 5.34 Å². The van der Waals surface area contributed by atoms with Gasteiger partial charge in [0, 0.05) is 12.1 Å². The summed E-state index contributed by atoms with van der Waals surface area (Å²) in [6.45, 7) is 8.96. The molecule has 0 saturated carbocycles. The highest BCUT2D eigenvalue weighted by Crippen LogP contribution is 2.04. The zero-order valence-electron chi connectivity index (χ0n) is 14.6. The van der Waals surface area contributed by atoms with Crippen LogP contribution in [0.15, 0.2) is 17.5 Å². The van der Waals surface area contributed by atoms with Crippen molar-refractivity contribution in [2.45, 2.75) is 52.4 Å². The highest BCUT2D eigenvalue weighted by Gasteiger charge is 2.01. The molecule has 0 aromatic heterocycles. The summed E-state index contributed by atoms with van der Waals surface area (Å²) in [5, 5.41) is 2.32. The van der Waals surface area contributed by atoms with E-state index in [1.54, 1.807) is 6.92 Å². The third-order valence-corrected chi connectivity index (χ3v) is 2.76. The molecule has 22 heavy (non-hydrogen) atoms. The molecule has 0 aromatic carbocycles. The summed E-state index contributed by atoms with van der Waals surface area (Å²) < 4.78 is 4.83. The van der Waals surface area contributed by atoms with Gasteiger partial charge in [-0.05, 0) is 33.9 Å². The Morgan fingerprint density at radius 3 is 2.18 bits per heavy atom. The SMILES string of the molecule is C=C(C)C(=O)OCCN(C)C.CCCCCCCCON=O. The molecule has 0 aromatic rings. The number of nitrogens with zero attached hydrogens (tertiary/aromatic N) is 2. The maximum Gasteiger partial charge on any atom is 0.333 e. The number of rotatable bonds is 12. The minimum atomic E-state index is -0.313. The zero-order chi connectivity index (χ0) is 17.2. The number of hydrogen-bond donors (Lipinski definition) is 0. The van der Waals surface area contributed by atoms with Crippen LogP contribution in [0.5, 0.6) is 0 Å². The molecule has 0 aliphatic carbocycles. The lowest BCUT2D eigenvalue weighted by Crippen LogP contribution is -2.20. The Morgan fingerprint density at radius 2 is 1.68 bits per heavy atom. The lowest BCUT2D eigenvalue weighted by atomic mass is 10.1. The van der Waals surface area contributed by atoms with Gasteiger partial charge in [0.1, 0.15) is 13.2 Å². The van der Waals surface area contributed by atoms with Crippen LogP contribution in [0.1, 0.15) is 52.4 Å². The number of carbonyl (C=O) groups is 1. The fraction of sp³-hybridized carbons (Fsp3) is 0.812. The molecule has 0 unspecified atom stereocenters. The van der Waals surface area contributed by atoms with Crippen molar-refractivity contribution < 1.29 is 14.4 Å². The van der Waals surface area contributed by atoms with Gasteiger partial charge in [-0.3, -0.25) is 0 Å². The summed E-state index contributed by atoms with van der Waals surface area (Å²) in [7, 11) is 3.85. The maximum atomic E-state index is 10.8. The van der Waals surface area contributed by atoms with Gasteiger partial charge in [0.25, 0.3) is 0 Å².